The molecule has 0 unspecified atom stereocenters. The fraction of sp³-hybridized carbons (Fsp3) is 0.696. The highest BCUT2D eigenvalue weighted by Crippen LogP contribution is 2.30. The lowest BCUT2D eigenvalue weighted by Crippen LogP contribution is -2.50. The van der Waals surface area contributed by atoms with Crippen LogP contribution >= 0.6 is 0 Å². The Kier molecular flexibility index (Phi) is 9.24. The Bertz CT molecular complexity index is 655. The second kappa shape index (κ2) is 11.4. The molecule has 6 nitrogen and oxygen atoms in total. The van der Waals surface area contributed by atoms with Crippen LogP contribution in [0.3, 0.4) is 0 Å². The molecule has 1 aromatic carbocycles. The summed E-state index contributed by atoms with van der Waals surface area (Å²) in [5, 5.41) is 3.14. The van der Waals surface area contributed by atoms with Crippen LogP contribution in [0.1, 0.15) is 44.7 Å². The zero-order valence-corrected chi connectivity index (χ0v) is 19.1. The molecule has 1 amide bonds. The Morgan fingerprint density at radius 3 is 2.17 bits per heavy atom. The first-order valence-electron chi connectivity index (χ1n) is 10.8. The van der Waals surface area contributed by atoms with Crippen molar-refractivity contribution in [2.45, 2.75) is 53.1 Å². The highest BCUT2D eigenvalue weighted by molar-refractivity contribution is 5.78. The first-order chi connectivity index (χ1) is 13.8. The molecule has 2 rings (SSSR count). The Balaban J connectivity index is 1.78. The van der Waals surface area contributed by atoms with Crippen LogP contribution in [0.4, 0.5) is 0 Å². The van der Waals surface area contributed by atoms with Gasteiger partial charge in [0.1, 0.15) is 0 Å². The van der Waals surface area contributed by atoms with Crippen molar-refractivity contribution < 1.29 is 14.3 Å². The molecule has 1 heterocycles. The lowest BCUT2D eigenvalue weighted by molar-refractivity contribution is -0.123. The summed E-state index contributed by atoms with van der Waals surface area (Å²) in [6, 6.07) is 4.36. The van der Waals surface area contributed by atoms with Gasteiger partial charge in [0.25, 0.3) is 0 Å². The number of aryl methyl sites for hydroxylation is 1. The van der Waals surface area contributed by atoms with Crippen LogP contribution in [0.15, 0.2) is 12.1 Å². The van der Waals surface area contributed by atoms with E-state index >= 15 is 0 Å². The molecule has 0 aliphatic carbocycles. The minimum atomic E-state index is 0.144. The first-order valence-corrected chi connectivity index (χ1v) is 10.8. The van der Waals surface area contributed by atoms with E-state index < -0.39 is 0 Å². The van der Waals surface area contributed by atoms with Crippen molar-refractivity contribution >= 4 is 5.91 Å². The van der Waals surface area contributed by atoms with E-state index in [9.17, 15) is 4.79 Å². The van der Waals surface area contributed by atoms with Gasteiger partial charge in [-0.2, -0.15) is 0 Å². The third kappa shape index (κ3) is 7.52. The number of piperazine rings is 1. The van der Waals surface area contributed by atoms with Crippen molar-refractivity contribution in [2.75, 3.05) is 46.9 Å². The first kappa shape index (κ1) is 23.5. The molecule has 0 saturated carbocycles. The third-order valence-electron chi connectivity index (χ3n) is 5.65. The van der Waals surface area contributed by atoms with Crippen LogP contribution in [0.5, 0.6) is 11.5 Å². The number of amides is 1. The molecule has 1 fully saturated rings. The summed E-state index contributed by atoms with van der Waals surface area (Å²) in [5.41, 5.74) is 2.47. The van der Waals surface area contributed by atoms with E-state index in [-0.39, 0.29) is 11.9 Å². The SMILES string of the molecule is COc1cc(C)c(CN2CCN(CC(=O)N[C@H](C)CCC(C)C)CC2)cc1OC. The maximum atomic E-state index is 12.3. The summed E-state index contributed by atoms with van der Waals surface area (Å²) in [6.07, 6.45) is 2.19. The summed E-state index contributed by atoms with van der Waals surface area (Å²) < 4.78 is 10.8. The van der Waals surface area contributed by atoms with E-state index in [0.29, 0.717) is 12.5 Å². The zero-order chi connectivity index (χ0) is 21.4. The van der Waals surface area contributed by atoms with Crippen LogP contribution in [-0.4, -0.2) is 68.7 Å². The van der Waals surface area contributed by atoms with Gasteiger partial charge < -0.3 is 14.8 Å². The van der Waals surface area contributed by atoms with Crippen LogP contribution in [-0.2, 0) is 11.3 Å². The minimum absolute atomic E-state index is 0.144. The highest BCUT2D eigenvalue weighted by Gasteiger charge is 2.21. The van der Waals surface area contributed by atoms with Crippen LogP contribution in [0.2, 0.25) is 0 Å². The Labute approximate surface area is 176 Å². The molecule has 0 aromatic heterocycles. The standard InChI is InChI=1S/C23H39N3O3/c1-17(2)7-8-19(4)24-23(27)16-26-11-9-25(10-12-26)15-20-14-22(29-6)21(28-5)13-18(20)3/h13-14,17,19H,7-12,15-16H2,1-6H3,(H,24,27)/t19-/m1/s1. The van der Waals surface area contributed by atoms with Gasteiger partial charge in [-0.1, -0.05) is 13.8 Å². The van der Waals surface area contributed by atoms with E-state index in [2.05, 4.69) is 48.9 Å². The van der Waals surface area contributed by atoms with E-state index in [1.807, 2.05) is 6.07 Å². The summed E-state index contributed by atoms with van der Waals surface area (Å²) in [5.74, 6) is 2.37. The van der Waals surface area contributed by atoms with Gasteiger partial charge in [0.05, 0.1) is 20.8 Å². The van der Waals surface area contributed by atoms with Gasteiger partial charge in [0, 0.05) is 38.8 Å². The Morgan fingerprint density at radius 2 is 1.59 bits per heavy atom. The number of rotatable bonds is 10. The molecule has 1 N–H and O–H groups in total. The predicted octanol–water partition coefficient (Wildman–Crippen LogP) is 3.07. The van der Waals surface area contributed by atoms with Crippen molar-refractivity contribution in [3.8, 4) is 11.5 Å². The van der Waals surface area contributed by atoms with E-state index in [0.717, 1.165) is 57.1 Å². The number of carbonyl (C=O) groups excluding carboxylic acids is 1. The van der Waals surface area contributed by atoms with Crippen molar-refractivity contribution in [1.29, 1.82) is 0 Å². The second-order valence-electron chi connectivity index (χ2n) is 8.63. The maximum Gasteiger partial charge on any atom is 0.234 e. The number of nitrogens with one attached hydrogen (secondary N) is 1. The number of nitrogens with zero attached hydrogens (tertiary/aromatic N) is 2. The topological polar surface area (TPSA) is 54.0 Å². The third-order valence-corrected chi connectivity index (χ3v) is 5.65. The quantitative estimate of drug-likeness (QED) is 0.648. The summed E-state index contributed by atoms with van der Waals surface area (Å²) in [4.78, 5) is 17.0. The van der Waals surface area contributed by atoms with Gasteiger partial charge in [-0.25, -0.2) is 0 Å². The highest BCUT2D eigenvalue weighted by atomic mass is 16.5. The fourth-order valence-corrected chi connectivity index (χ4v) is 3.72. The average molecular weight is 406 g/mol. The van der Waals surface area contributed by atoms with Gasteiger partial charge in [0.15, 0.2) is 11.5 Å². The number of methoxy groups -OCH3 is 2. The van der Waals surface area contributed by atoms with Crippen molar-refractivity contribution in [2.24, 2.45) is 5.92 Å². The molecule has 0 bridgehead atoms. The molecular formula is C23H39N3O3. The summed E-state index contributed by atoms with van der Waals surface area (Å²) >= 11 is 0. The molecule has 164 valence electrons. The predicted molar refractivity (Wildman–Crippen MR) is 118 cm³/mol. The number of carbonyl (C=O) groups is 1. The number of hydrogen-bond donors (Lipinski definition) is 1. The molecule has 1 saturated heterocycles. The number of benzene rings is 1. The van der Waals surface area contributed by atoms with Crippen molar-refractivity contribution in [3.63, 3.8) is 0 Å². The van der Waals surface area contributed by atoms with Crippen molar-refractivity contribution in [1.82, 2.24) is 15.1 Å². The van der Waals surface area contributed by atoms with E-state index in [4.69, 9.17) is 9.47 Å². The molecular weight excluding hydrogens is 366 g/mol. The van der Waals surface area contributed by atoms with Crippen molar-refractivity contribution in [3.05, 3.63) is 23.3 Å². The summed E-state index contributed by atoms with van der Waals surface area (Å²) in [6.45, 7) is 13.8. The largest absolute Gasteiger partial charge is 0.493 e. The van der Waals surface area contributed by atoms with Gasteiger partial charge >= 0.3 is 0 Å². The molecule has 0 radical (unpaired) electrons. The second-order valence-corrected chi connectivity index (χ2v) is 8.63. The zero-order valence-electron chi connectivity index (χ0n) is 19.1. The molecule has 6 heteroatoms. The number of ether oxygens (including phenoxy) is 2. The number of hydrogen-bond acceptors (Lipinski definition) is 5. The molecule has 1 aliphatic heterocycles. The monoisotopic (exact) mass is 405 g/mol. The fourth-order valence-electron chi connectivity index (χ4n) is 3.72. The summed E-state index contributed by atoms with van der Waals surface area (Å²) in [7, 11) is 3.34. The molecule has 1 aromatic rings. The van der Waals surface area contributed by atoms with Gasteiger partial charge in [-0.15, -0.1) is 0 Å². The van der Waals surface area contributed by atoms with Gasteiger partial charge in [-0.05, 0) is 55.9 Å². The van der Waals surface area contributed by atoms with Crippen LogP contribution in [0, 0.1) is 12.8 Å². The molecule has 1 atom stereocenters. The van der Waals surface area contributed by atoms with Crippen LogP contribution < -0.4 is 14.8 Å². The lowest BCUT2D eigenvalue weighted by atomic mass is 10.0. The molecule has 0 spiro atoms. The Hall–Kier alpha value is -1.79. The normalized spacial score (nSPS) is 16.7. The maximum absolute atomic E-state index is 12.3. The van der Waals surface area contributed by atoms with E-state index in [1.165, 1.54) is 11.1 Å². The van der Waals surface area contributed by atoms with Crippen LogP contribution in [0.25, 0.3) is 0 Å². The Morgan fingerprint density at radius 1 is 1.00 bits per heavy atom. The van der Waals surface area contributed by atoms with Gasteiger partial charge in [0.2, 0.25) is 5.91 Å². The lowest BCUT2D eigenvalue weighted by Gasteiger charge is -2.34. The van der Waals surface area contributed by atoms with Gasteiger partial charge in [-0.3, -0.25) is 14.6 Å². The smallest absolute Gasteiger partial charge is 0.234 e. The molecule has 29 heavy (non-hydrogen) atoms. The molecule has 1 aliphatic rings. The minimum Gasteiger partial charge on any atom is -0.493 e. The average Bonchev–Trinajstić information content (AvgIpc) is 2.68. The van der Waals surface area contributed by atoms with E-state index in [1.54, 1.807) is 14.2 Å².